The number of aliphatic hydroxyl groups excluding tert-OH is 1. The van der Waals surface area contributed by atoms with Crippen LogP contribution in [0.4, 0.5) is 17.1 Å². The van der Waals surface area contributed by atoms with E-state index in [1.807, 2.05) is 36.5 Å². The van der Waals surface area contributed by atoms with Gasteiger partial charge in [-0.05, 0) is 36.8 Å². The number of ether oxygens (including phenoxy) is 1. The molecule has 4 rings (SSSR count). The summed E-state index contributed by atoms with van der Waals surface area (Å²) in [5, 5.41) is 12.0. The summed E-state index contributed by atoms with van der Waals surface area (Å²) in [7, 11) is 3.71. The van der Waals surface area contributed by atoms with E-state index >= 15 is 0 Å². The molecule has 7 heteroatoms. The molecule has 0 saturated heterocycles. The van der Waals surface area contributed by atoms with Gasteiger partial charge < -0.3 is 19.6 Å². The summed E-state index contributed by atoms with van der Waals surface area (Å²) in [6.45, 7) is 3.11. The summed E-state index contributed by atoms with van der Waals surface area (Å²) in [6.07, 6.45) is 3.78. The number of hydrogen-bond donors (Lipinski definition) is 1. The zero-order valence-corrected chi connectivity index (χ0v) is 16.4. The number of anilines is 2. The Balaban J connectivity index is 1.77. The average Bonchev–Trinajstić information content (AvgIpc) is 3.08. The van der Waals surface area contributed by atoms with E-state index in [1.54, 1.807) is 18.3 Å². The number of benzene rings is 1. The fourth-order valence-electron chi connectivity index (χ4n) is 3.36. The molecule has 0 amide bonds. The van der Waals surface area contributed by atoms with Crippen molar-refractivity contribution in [2.45, 2.75) is 19.6 Å². The number of nitrogens with zero attached hydrogens (tertiary/aromatic N) is 4. The number of aliphatic hydroxyl groups is 1. The van der Waals surface area contributed by atoms with Gasteiger partial charge in [-0.2, -0.15) is 0 Å². The second-order valence-electron chi connectivity index (χ2n) is 6.47. The minimum atomic E-state index is -0.797. The van der Waals surface area contributed by atoms with E-state index in [0.29, 0.717) is 0 Å². The number of aliphatic imine (C=N–C) groups is 1. The molecule has 3 aromatic rings. The lowest BCUT2D eigenvalue weighted by atomic mass is 10.1. The normalized spacial score (nSPS) is 15.9. The SMILES string of the molecule is CCCN(C)c1ccnc2sc3c(c12)N=CN(c1ccc(OC)cc1)C3O. The molecule has 27 heavy (non-hydrogen) atoms. The number of thiophene rings is 1. The Morgan fingerprint density at radius 1 is 1.26 bits per heavy atom. The van der Waals surface area contributed by atoms with E-state index in [-0.39, 0.29) is 0 Å². The predicted octanol–water partition coefficient (Wildman–Crippen LogP) is 4.32. The summed E-state index contributed by atoms with van der Waals surface area (Å²) in [4.78, 5) is 14.9. The van der Waals surface area contributed by atoms with E-state index in [0.717, 1.165) is 50.9 Å². The van der Waals surface area contributed by atoms with E-state index < -0.39 is 6.23 Å². The van der Waals surface area contributed by atoms with E-state index in [2.05, 4.69) is 28.8 Å². The third-order valence-electron chi connectivity index (χ3n) is 4.72. The van der Waals surface area contributed by atoms with Gasteiger partial charge >= 0.3 is 0 Å². The maximum absolute atomic E-state index is 11.0. The van der Waals surface area contributed by atoms with Gasteiger partial charge in [0.1, 0.15) is 10.6 Å². The van der Waals surface area contributed by atoms with Crippen molar-refractivity contribution in [1.29, 1.82) is 0 Å². The molecule has 1 N–H and O–H groups in total. The highest BCUT2D eigenvalue weighted by Gasteiger charge is 2.29. The molecule has 140 valence electrons. The lowest BCUT2D eigenvalue weighted by Crippen LogP contribution is -2.28. The third kappa shape index (κ3) is 3.02. The van der Waals surface area contributed by atoms with Crippen molar-refractivity contribution in [3.05, 3.63) is 41.4 Å². The molecule has 0 fully saturated rings. The Kier molecular flexibility index (Phi) is 4.72. The van der Waals surface area contributed by atoms with Gasteiger partial charge in [-0.25, -0.2) is 9.98 Å². The van der Waals surface area contributed by atoms with E-state index in [9.17, 15) is 5.11 Å². The van der Waals surface area contributed by atoms with Crippen LogP contribution in [-0.4, -0.2) is 37.1 Å². The number of rotatable bonds is 5. The van der Waals surface area contributed by atoms with Crippen LogP contribution in [0.3, 0.4) is 0 Å². The zero-order chi connectivity index (χ0) is 19.0. The lowest BCUT2D eigenvalue weighted by molar-refractivity contribution is 0.192. The van der Waals surface area contributed by atoms with Crippen LogP contribution in [0.5, 0.6) is 5.75 Å². The molecule has 3 heterocycles. The highest BCUT2D eigenvalue weighted by atomic mass is 32.1. The Morgan fingerprint density at radius 2 is 2.04 bits per heavy atom. The van der Waals surface area contributed by atoms with Crippen LogP contribution < -0.4 is 14.5 Å². The smallest absolute Gasteiger partial charge is 0.169 e. The van der Waals surface area contributed by atoms with Crippen LogP contribution in [0.25, 0.3) is 10.2 Å². The van der Waals surface area contributed by atoms with Crippen molar-refractivity contribution in [1.82, 2.24) is 4.98 Å². The molecule has 1 unspecified atom stereocenters. The molecule has 1 aliphatic heterocycles. The Hall–Kier alpha value is -2.64. The number of aromatic nitrogens is 1. The van der Waals surface area contributed by atoms with Crippen LogP contribution in [-0.2, 0) is 0 Å². The molecule has 0 radical (unpaired) electrons. The standard InChI is InChI=1S/C20H22N4O2S/c1-4-11-23(2)15-9-10-21-19-16(15)17-18(27-19)20(25)24(12-22-17)13-5-7-14(26-3)8-6-13/h5-10,12,20,25H,4,11H2,1-3H3. The topological polar surface area (TPSA) is 61.2 Å². The fraction of sp³-hybridized carbons (Fsp3) is 0.300. The monoisotopic (exact) mass is 382 g/mol. The summed E-state index contributed by atoms with van der Waals surface area (Å²) in [6, 6.07) is 9.57. The van der Waals surface area contributed by atoms with Crippen LogP contribution >= 0.6 is 11.3 Å². The van der Waals surface area contributed by atoms with Crippen LogP contribution in [0.2, 0.25) is 0 Å². The molecule has 1 aromatic carbocycles. The van der Waals surface area contributed by atoms with Crippen molar-refractivity contribution < 1.29 is 9.84 Å². The summed E-state index contributed by atoms with van der Waals surface area (Å²) in [5.74, 6) is 0.776. The van der Waals surface area contributed by atoms with Crippen molar-refractivity contribution in [2.75, 3.05) is 30.5 Å². The molecule has 2 aromatic heterocycles. The van der Waals surface area contributed by atoms with Crippen LogP contribution in [0, 0.1) is 0 Å². The fourth-order valence-corrected chi connectivity index (χ4v) is 4.45. The first kappa shape index (κ1) is 17.8. The van der Waals surface area contributed by atoms with Gasteiger partial charge in [0.2, 0.25) is 0 Å². The van der Waals surface area contributed by atoms with E-state index in [1.165, 1.54) is 11.3 Å². The van der Waals surface area contributed by atoms with Gasteiger partial charge in [0.05, 0.1) is 35.1 Å². The Morgan fingerprint density at radius 3 is 2.74 bits per heavy atom. The van der Waals surface area contributed by atoms with Crippen molar-refractivity contribution in [3.63, 3.8) is 0 Å². The third-order valence-corrected chi connectivity index (χ3v) is 5.85. The van der Waals surface area contributed by atoms with Gasteiger partial charge in [-0.15, -0.1) is 11.3 Å². The number of hydrogen-bond acceptors (Lipinski definition) is 7. The molecule has 1 atom stereocenters. The number of methoxy groups -OCH3 is 1. The van der Waals surface area contributed by atoms with Gasteiger partial charge in [0.15, 0.2) is 6.23 Å². The molecular weight excluding hydrogens is 360 g/mol. The summed E-state index contributed by atoms with van der Waals surface area (Å²) < 4.78 is 5.21. The maximum atomic E-state index is 11.0. The van der Waals surface area contributed by atoms with Gasteiger partial charge in [0.25, 0.3) is 0 Å². The first-order valence-electron chi connectivity index (χ1n) is 8.91. The van der Waals surface area contributed by atoms with Gasteiger partial charge in [-0.1, -0.05) is 6.92 Å². The average molecular weight is 382 g/mol. The first-order valence-corrected chi connectivity index (χ1v) is 9.73. The molecule has 1 aliphatic rings. The molecule has 0 spiro atoms. The second-order valence-corrected chi connectivity index (χ2v) is 7.50. The van der Waals surface area contributed by atoms with Crippen molar-refractivity contribution in [2.24, 2.45) is 4.99 Å². The molecule has 0 bridgehead atoms. The quantitative estimate of drug-likeness (QED) is 0.712. The minimum absolute atomic E-state index is 0.776. The highest BCUT2D eigenvalue weighted by molar-refractivity contribution is 7.19. The van der Waals surface area contributed by atoms with Crippen molar-refractivity contribution >= 4 is 45.0 Å². The highest BCUT2D eigenvalue weighted by Crippen LogP contribution is 2.47. The molecule has 6 nitrogen and oxygen atoms in total. The second kappa shape index (κ2) is 7.17. The molecular formula is C20H22N4O2S. The first-order chi connectivity index (χ1) is 13.1. The zero-order valence-electron chi connectivity index (χ0n) is 15.6. The summed E-state index contributed by atoms with van der Waals surface area (Å²) >= 11 is 1.50. The van der Waals surface area contributed by atoms with Gasteiger partial charge in [-0.3, -0.25) is 0 Å². The minimum Gasteiger partial charge on any atom is -0.497 e. The lowest BCUT2D eigenvalue weighted by Gasteiger charge is -2.28. The van der Waals surface area contributed by atoms with Gasteiger partial charge in [0, 0.05) is 25.5 Å². The predicted molar refractivity (Wildman–Crippen MR) is 112 cm³/mol. The summed E-state index contributed by atoms with van der Waals surface area (Å²) in [5.41, 5.74) is 2.77. The van der Waals surface area contributed by atoms with E-state index in [4.69, 9.17) is 4.74 Å². The largest absolute Gasteiger partial charge is 0.497 e. The Labute approximate surface area is 162 Å². The van der Waals surface area contributed by atoms with Crippen LogP contribution in [0.1, 0.15) is 24.4 Å². The molecule has 0 saturated carbocycles. The molecule has 0 aliphatic carbocycles. The van der Waals surface area contributed by atoms with Crippen LogP contribution in [0.15, 0.2) is 41.5 Å². The number of fused-ring (bicyclic) bond motifs is 3. The Bertz CT molecular complexity index is 984. The maximum Gasteiger partial charge on any atom is 0.169 e. The number of pyridine rings is 1. The van der Waals surface area contributed by atoms with Crippen molar-refractivity contribution in [3.8, 4) is 5.75 Å².